The summed E-state index contributed by atoms with van der Waals surface area (Å²) in [6.07, 6.45) is 1.36. The summed E-state index contributed by atoms with van der Waals surface area (Å²) in [6.45, 7) is 1.68. The van der Waals surface area contributed by atoms with Gasteiger partial charge in [0.15, 0.2) is 0 Å². The molecule has 0 spiro atoms. The zero-order valence-electron chi connectivity index (χ0n) is 7.35. The Balaban J connectivity index is 2.84. The number of hydrogen-bond acceptors (Lipinski definition) is 4. The number of hydrogen-bond donors (Lipinski definition) is 1. The third-order valence-corrected chi connectivity index (χ3v) is 1.63. The number of carbonyl (C=O) groups is 1. The number of nitrogens with one attached hydrogen (secondary N) is 1. The molecule has 6 nitrogen and oxygen atoms in total. The van der Waals surface area contributed by atoms with E-state index in [1.54, 1.807) is 20.0 Å². The van der Waals surface area contributed by atoms with Crippen molar-refractivity contribution in [2.24, 2.45) is 0 Å². The van der Waals surface area contributed by atoms with Crippen molar-refractivity contribution >= 4 is 5.91 Å². The highest BCUT2D eigenvalue weighted by atomic mass is 16.2. The summed E-state index contributed by atoms with van der Waals surface area (Å²) >= 11 is 0. The molecule has 0 fully saturated rings. The van der Waals surface area contributed by atoms with Gasteiger partial charge >= 0.3 is 0 Å². The maximum Gasteiger partial charge on any atom is 0.252 e. The van der Waals surface area contributed by atoms with Crippen molar-refractivity contribution in [1.29, 1.82) is 5.26 Å². The molecule has 0 aliphatic carbocycles. The van der Waals surface area contributed by atoms with E-state index in [0.717, 1.165) is 0 Å². The van der Waals surface area contributed by atoms with Gasteiger partial charge in [-0.2, -0.15) is 5.26 Å². The highest BCUT2D eigenvalue weighted by Gasteiger charge is 2.14. The van der Waals surface area contributed by atoms with Gasteiger partial charge in [0.25, 0.3) is 5.82 Å². The van der Waals surface area contributed by atoms with Gasteiger partial charge in [-0.25, -0.2) is 9.67 Å². The summed E-state index contributed by atoms with van der Waals surface area (Å²) in [5, 5.41) is 14.7. The average molecular weight is 179 g/mol. The van der Waals surface area contributed by atoms with Crippen molar-refractivity contribution in [3.8, 4) is 6.07 Å². The van der Waals surface area contributed by atoms with Crippen LogP contribution in [-0.4, -0.2) is 27.7 Å². The number of amides is 1. The normalized spacial score (nSPS) is 11.8. The molecule has 6 heteroatoms. The number of likely N-dealkylation sites (N-methyl/N-ethyl adjacent to an activating group) is 1. The molecule has 68 valence electrons. The monoisotopic (exact) mass is 179 g/mol. The van der Waals surface area contributed by atoms with Crippen LogP contribution in [0.1, 0.15) is 18.8 Å². The van der Waals surface area contributed by atoms with Gasteiger partial charge in [-0.1, -0.05) is 0 Å². The lowest BCUT2D eigenvalue weighted by Gasteiger charge is -2.08. The van der Waals surface area contributed by atoms with E-state index in [-0.39, 0.29) is 11.7 Å². The van der Waals surface area contributed by atoms with Gasteiger partial charge < -0.3 is 5.32 Å². The second-order valence-electron chi connectivity index (χ2n) is 2.45. The van der Waals surface area contributed by atoms with Crippen LogP contribution in [0.5, 0.6) is 0 Å². The van der Waals surface area contributed by atoms with Crippen LogP contribution in [-0.2, 0) is 4.79 Å². The maximum atomic E-state index is 11.1. The number of nitriles is 1. The largest absolute Gasteiger partial charge is 0.357 e. The van der Waals surface area contributed by atoms with Crippen molar-refractivity contribution in [3.05, 3.63) is 12.2 Å². The Kier molecular flexibility index (Phi) is 2.59. The molecule has 0 bridgehead atoms. The van der Waals surface area contributed by atoms with Crippen molar-refractivity contribution in [3.63, 3.8) is 0 Å². The van der Waals surface area contributed by atoms with Gasteiger partial charge in [-0.15, -0.1) is 5.10 Å². The molecular weight excluding hydrogens is 170 g/mol. The second-order valence-corrected chi connectivity index (χ2v) is 2.45. The summed E-state index contributed by atoms with van der Waals surface area (Å²) in [5.74, 6) is -0.106. The number of rotatable bonds is 2. The highest BCUT2D eigenvalue weighted by Crippen LogP contribution is 2.02. The fourth-order valence-electron chi connectivity index (χ4n) is 0.842. The van der Waals surface area contributed by atoms with E-state index >= 15 is 0 Å². The molecule has 0 aliphatic rings. The summed E-state index contributed by atoms with van der Waals surface area (Å²) in [4.78, 5) is 14.8. The first-order valence-corrected chi connectivity index (χ1v) is 3.72. The first-order chi connectivity index (χ1) is 6.19. The van der Waals surface area contributed by atoms with E-state index in [9.17, 15) is 4.79 Å². The molecule has 1 aromatic rings. The second kappa shape index (κ2) is 3.67. The molecule has 1 heterocycles. The molecule has 0 aromatic carbocycles. The van der Waals surface area contributed by atoms with Gasteiger partial charge in [-0.05, 0) is 6.92 Å². The molecule has 1 rings (SSSR count). The molecule has 0 aliphatic heterocycles. The lowest BCUT2D eigenvalue weighted by molar-refractivity contribution is -0.123. The Hall–Kier alpha value is -1.90. The van der Waals surface area contributed by atoms with Gasteiger partial charge in [-0.3, -0.25) is 4.79 Å². The summed E-state index contributed by atoms with van der Waals surface area (Å²) < 4.78 is 1.34. The van der Waals surface area contributed by atoms with E-state index in [1.807, 2.05) is 0 Å². The van der Waals surface area contributed by atoms with Crippen molar-refractivity contribution < 1.29 is 4.79 Å². The van der Waals surface area contributed by atoms with Crippen LogP contribution in [0.15, 0.2) is 6.33 Å². The van der Waals surface area contributed by atoms with E-state index < -0.39 is 6.04 Å². The fourth-order valence-corrected chi connectivity index (χ4v) is 0.842. The van der Waals surface area contributed by atoms with E-state index in [0.29, 0.717) is 0 Å². The molecule has 1 amide bonds. The third-order valence-electron chi connectivity index (χ3n) is 1.63. The minimum atomic E-state index is -0.445. The van der Waals surface area contributed by atoms with Crippen LogP contribution in [0.3, 0.4) is 0 Å². The summed E-state index contributed by atoms with van der Waals surface area (Å²) in [5.41, 5.74) is 0. The third kappa shape index (κ3) is 1.82. The van der Waals surface area contributed by atoms with Gasteiger partial charge in [0.05, 0.1) is 0 Å². The zero-order valence-corrected chi connectivity index (χ0v) is 7.35. The fraction of sp³-hybridized carbons (Fsp3) is 0.429. The summed E-state index contributed by atoms with van der Waals surface area (Å²) in [6, 6.07) is 1.34. The van der Waals surface area contributed by atoms with Crippen molar-refractivity contribution in [2.75, 3.05) is 7.05 Å². The minimum absolute atomic E-state index is 0.0655. The van der Waals surface area contributed by atoms with Gasteiger partial charge in [0.2, 0.25) is 5.91 Å². The number of aromatic nitrogens is 3. The first-order valence-electron chi connectivity index (χ1n) is 3.72. The number of nitrogens with zero attached hydrogens (tertiary/aromatic N) is 4. The van der Waals surface area contributed by atoms with Crippen LogP contribution < -0.4 is 5.32 Å². The Morgan fingerprint density at radius 2 is 2.54 bits per heavy atom. The highest BCUT2D eigenvalue weighted by molar-refractivity contribution is 5.79. The molecule has 1 aromatic heterocycles. The molecule has 13 heavy (non-hydrogen) atoms. The van der Waals surface area contributed by atoms with Crippen LogP contribution in [0.2, 0.25) is 0 Å². The molecule has 0 saturated carbocycles. The molecule has 1 N–H and O–H groups in total. The van der Waals surface area contributed by atoms with Gasteiger partial charge in [0, 0.05) is 7.05 Å². The SMILES string of the molecule is CNC(=O)C(C)n1cnc(C#N)n1. The smallest absolute Gasteiger partial charge is 0.252 e. The predicted octanol–water partition coefficient (Wildman–Crippen LogP) is -0.543. The topological polar surface area (TPSA) is 83.6 Å². The molecule has 0 saturated heterocycles. The minimum Gasteiger partial charge on any atom is -0.357 e. The molecule has 1 unspecified atom stereocenters. The first kappa shape index (κ1) is 9.19. The average Bonchev–Trinajstić information content (AvgIpc) is 2.63. The maximum absolute atomic E-state index is 11.1. The lowest BCUT2D eigenvalue weighted by atomic mass is 10.3. The quantitative estimate of drug-likeness (QED) is 0.660. The van der Waals surface area contributed by atoms with Crippen molar-refractivity contribution in [1.82, 2.24) is 20.1 Å². The van der Waals surface area contributed by atoms with Crippen molar-refractivity contribution in [2.45, 2.75) is 13.0 Å². The Morgan fingerprint density at radius 3 is 3.00 bits per heavy atom. The van der Waals surface area contributed by atoms with Crippen LogP contribution in [0, 0.1) is 11.3 Å². The zero-order chi connectivity index (χ0) is 9.84. The summed E-state index contributed by atoms with van der Waals surface area (Å²) in [7, 11) is 1.54. The molecule has 1 atom stereocenters. The van der Waals surface area contributed by atoms with Crippen LogP contribution >= 0.6 is 0 Å². The lowest BCUT2D eigenvalue weighted by Crippen LogP contribution is -2.28. The molecule has 0 radical (unpaired) electrons. The standard InChI is InChI=1S/C7H9N5O/c1-5(7(13)9-2)12-4-10-6(3-8)11-12/h4-5H,1-2H3,(H,9,13). The Bertz CT molecular complexity index is 350. The van der Waals surface area contributed by atoms with E-state index in [4.69, 9.17) is 5.26 Å². The van der Waals surface area contributed by atoms with Gasteiger partial charge in [0.1, 0.15) is 18.4 Å². The Labute approximate surface area is 75.2 Å². The number of carbonyl (C=O) groups excluding carboxylic acids is 1. The molecular formula is C7H9N5O. The van der Waals surface area contributed by atoms with E-state index in [1.165, 1.54) is 11.0 Å². The van der Waals surface area contributed by atoms with Crippen LogP contribution in [0.4, 0.5) is 0 Å². The Morgan fingerprint density at radius 1 is 1.85 bits per heavy atom. The van der Waals surface area contributed by atoms with Crippen LogP contribution in [0.25, 0.3) is 0 Å². The predicted molar refractivity (Wildman–Crippen MR) is 43.5 cm³/mol. The van der Waals surface area contributed by atoms with E-state index in [2.05, 4.69) is 15.4 Å².